The standard InChI is InChI=1S/C19H22F3NO4/c1-18(2,3)19(12-6-7-13(20)16(22)15(12)21)10-9-11(23(19)17(25)26)5-8-14(24)27-4/h5-8,11H,9-10H2,1-4H3,(H,25,26)/t11-,19+/m0/s1. The summed E-state index contributed by atoms with van der Waals surface area (Å²) in [4.78, 5) is 24.5. The Balaban J connectivity index is 2.69. The first-order chi connectivity index (χ1) is 12.5. The number of rotatable bonds is 3. The Morgan fingerprint density at radius 3 is 2.41 bits per heavy atom. The number of carbonyl (C=O) groups is 2. The fourth-order valence-electron chi connectivity index (χ4n) is 3.88. The van der Waals surface area contributed by atoms with Crippen LogP contribution in [-0.4, -0.2) is 35.2 Å². The minimum Gasteiger partial charge on any atom is -0.466 e. The van der Waals surface area contributed by atoms with Crippen molar-refractivity contribution in [2.75, 3.05) is 7.11 Å². The number of carboxylic acid groups (broad SMARTS) is 1. The summed E-state index contributed by atoms with van der Waals surface area (Å²) in [6.07, 6.45) is 1.55. The highest BCUT2D eigenvalue weighted by Gasteiger charge is 2.57. The van der Waals surface area contributed by atoms with Crippen molar-refractivity contribution in [3.05, 3.63) is 47.3 Å². The van der Waals surface area contributed by atoms with E-state index < -0.39 is 46.5 Å². The first-order valence-corrected chi connectivity index (χ1v) is 8.39. The van der Waals surface area contributed by atoms with Gasteiger partial charge in [-0.25, -0.2) is 22.8 Å². The van der Waals surface area contributed by atoms with Crippen molar-refractivity contribution in [1.29, 1.82) is 0 Å². The van der Waals surface area contributed by atoms with Gasteiger partial charge in [-0.3, -0.25) is 4.90 Å². The molecule has 1 aliphatic rings. The van der Waals surface area contributed by atoms with Crippen LogP contribution >= 0.6 is 0 Å². The highest BCUT2D eigenvalue weighted by molar-refractivity contribution is 5.82. The number of methoxy groups -OCH3 is 1. The molecule has 0 radical (unpaired) electrons. The molecule has 27 heavy (non-hydrogen) atoms. The summed E-state index contributed by atoms with van der Waals surface area (Å²) in [5.74, 6) is -5.06. The summed E-state index contributed by atoms with van der Waals surface area (Å²) in [6, 6.07) is 1.12. The zero-order valence-electron chi connectivity index (χ0n) is 15.6. The second kappa shape index (κ2) is 7.25. The van der Waals surface area contributed by atoms with Crippen molar-refractivity contribution in [1.82, 2.24) is 4.90 Å². The van der Waals surface area contributed by atoms with Gasteiger partial charge in [0, 0.05) is 11.6 Å². The van der Waals surface area contributed by atoms with Gasteiger partial charge in [0.2, 0.25) is 0 Å². The van der Waals surface area contributed by atoms with E-state index in [0.29, 0.717) is 0 Å². The summed E-state index contributed by atoms with van der Waals surface area (Å²) in [7, 11) is 1.19. The van der Waals surface area contributed by atoms with E-state index in [1.54, 1.807) is 20.8 Å². The highest BCUT2D eigenvalue weighted by atomic mass is 19.2. The average molecular weight is 385 g/mol. The number of hydrogen-bond donors (Lipinski definition) is 1. The Hall–Kier alpha value is -2.51. The molecule has 1 amide bonds. The molecular formula is C19H22F3NO4. The van der Waals surface area contributed by atoms with Gasteiger partial charge in [0.1, 0.15) is 0 Å². The number of amides is 1. The first-order valence-electron chi connectivity index (χ1n) is 8.39. The Morgan fingerprint density at radius 1 is 1.26 bits per heavy atom. The van der Waals surface area contributed by atoms with Crippen LogP contribution in [0.2, 0.25) is 0 Å². The molecule has 1 saturated heterocycles. The number of carbonyl (C=O) groups excluding carboxylic acids is 1. The minimum atomic E-state index is -1.64. The van der Waals surface area contributed by atoms with E-state index >= 15 is 0 Å². The van der Waals surface area contributed by atoms with E-state index in [0.717, 1.165) is 23.1 Å². The van der Waals surface area contributed by atoms with E-state index in [-0.39, 0.29) is 18.4 Å². The van der Waals surface area contributed by atoms with Gasteiger partial charge < -0.3 is 9.84 Å². The molecule has 1 heterocycles. The lowest BCUT2D eigenvalue weighted by atomic mass is 9.67. The van der Waals surface area contributed by atoms with Crippen molar-refractivity contribution in [3.63, 3.8) is 0 Å². The van der Waals surface area contributed by atoms with Crippen LogP contribution in [0, 0.1) is 22.9 Å². The van der Waals surface area contributed by atoms with Crippen LogP contribution in [0.15, 0.2) is 24.3 Å². The van der Waals surface area contributed by atoms with Gasteiger partial charge >= 0.3 is 12.1 Å². The third-order valence-corrected chi connectivity index (χ3v) is 5.13. The van der Waals surface area contributed by atoms with Crippen molar-refractivity contribution >= 4 is 12.1 Å². The maximum absolute atomic E-state index is 14.7. The molecule has 148 valence electrons. The molecule has 0 unspecified atom stereocenters. The van der Waals surface area contributed by atoms with Gasteiger partial charge in [0.15, 0.2) is 17.5 Å². The third-order valence-electron chi connectivity index (χ3n) is 5.13. The fourth-order valence-corrected chi connectivity index (χ4v) is 3.88. The smallest absolute Gasteiger partial charge is 0.408 e. The summed E-state index contributed by atoms with van der Waals surface area (Å²) in [5.41, 5.74) is -2.54. The summed E-state index contributed by atoms with van der Waals surface area (Å²) < 4.78 is 46.6. The quantitative estimate of drug-likeness (QED) is 0.481. The van der Waals surface area contributed by atoms with E-state index in [4.69, 9.17) is 0 Å². The Morgan fingerprint density at radius 2 is 1.89 bits per heavy atom. The molecule has 8 heteroatoms. The maximum Gasteiger partial charge on any atom is 0.408 e. The van der Waals surface area contributed by atoms with Crippen molar-refractivity contribution in [3.8, 4) is 0 Å². The molecule has 5 nitrogen and oxygen atoms in total. The summed E-state index contributed by atoms with van der Waals surface area (Å²) >= 11 is 0. The van der Waals surface area contributed by atoms with Crippen LogP contribution in [0.5, 0.6) is 0 Å². The number of likely N-dealkylation sites (tertiary alicyclic amines) is 1. The first kappa shape index (κ1) is 20.8. The van der Waals surface area contributed by atoms with E-state index in [2.05, 4.69) is 4.74 Å². The van der Waals surface area contributed by atoms with Gasteiger partial charge in [-0.1, -0.05) is 32.9 Å². The summed E-state index contributed by atoms with van der Waals surface area (Å²) in [6.45, 7) is 5.11. The van der Waals surface area contributed by atoms with Gasteiger partial charge in [0.05, 0.1) is 18.7 Å². The number of benzene rings is 1. The molecule has 0 saturated carbocycles. The normalized spacial score (nSPS) is 23.1. The molecule has 0 aliphatic carbocycles. The molecule has 2 rings (SSSR count). The van der Waals surface area contributed by atoms with E-state index in [1.165, 1.54) is 13.2 Å². The minimum absolute atomic E-state index is 0.168. The predicted octanol–water partition coefficient (Wildman–Crippen LogP) is 4.22. The third kappa shape index (κ3) is 3.40. The number of nitrogens with zero attached hydrogens (tertiary/aromatic N) is 1. The SMILES string of the molecule is COC(=O)C=C[C@H]1CC[C@@](c2ccc(F)c(F)c2F)(C(C)(C)C)N1C(=O)O. The van der Waals surface area contributed by atoms with Gasteiger partial charge in [-0.15, -0.1) is 0 Å². The Bertz CT molecular complexity index is 788. The van der Waals surface area contributed by atoms with E-state index in [9.17, 15) is 27.9 Å². The zero-order chi connectivity index (χ0) is 20.6. The van der Waals surface area contributed by atoms with Crippen molar-refractivity contribution in [2.45, 2.75) is 45.2 Å². The van der Waals surface area contributed by atoms with Crippen LogP contribution in [-0.2, 0) is 15.1 Å². The van der Waals surface area contributed by atoms with Gasteiger partial charge in [-0.2, -0.15) is 0 Å². The summed E-state index contributed by atoms with van der Waals surface area (Å²) in [5, 5.41) is 9.87. The van der Waals surface area contributed by atoms with Gasteiger partial charge in [0.25, 0.3) is 0 Å². The fraction of sp³-hybridized carbons (Fsp3) is 0.474. The highest BCUT2D eigenvalue weighted by Crippen LogP contribution is 2.54. The lowest BCUT2D eigenvalue weighted by molar-refractivity contribution is -0.134. The number of hydrogen-bond acceptors (Lipinski definition) is 3. The van der Waals surface area contributed by atoms with Gasteiger partial charge in [-0.05, 0) is 24.3 Å². The topological polar surface area (TPSA) is 66.8 Å². The molecule has 1 aliphatic heterocycles. The van der Waals surface area contributed by atoms with Crippen LogP contribution < -0.4 is 0 Å². The second-order valence-corrected chi connectivity index (χ2v) is 7.47. The van der Waals surface area contributed by atoms with Crippen LogP contribution in [0.1, 0.15) is 39.2 Å². The second-order valence-electron chi connectivity index (χ2n) is 7.47. The van der Waals surface area contributed by atoms with Crippen LogP contribution in [0.25, 0.3) is 0 Å². The largest absolute Gasteiger partial charge is 0.466 e. The lowest BCUT2D eigenvalue weighted by Crippen LogP contribution is -2.55. The number of esters is 1. The average Bonchev–Trinajstić information content (AvgIpc) is 2.98. The molecule has 0 bridgehead atoms. The van der Waals surface area contributed by atoms with Crippen molar-refractivity contribution in [2.24, 2.45) is 5.41 Å². The predicted molar refractivity (Wildman–Crippen MR) is 91.5 cm³/mol. The molecule has 2 atom stereocenters. The van der Waals surface area contributed by atoms with E-state index in [1.807, 2.05) is 0 Å². The monoisotopic (exact) mass is 385 g/mol. The molecule has 1 fully saturated rings. The molecule has 1 N–H and O–H groups in total. The number of ether oxygens (including phenoxy) is 1. The molecule has 0 aromatic heterocycles. The van der Waals surface area contributed by atoms with Crippen LogP contribution in [0.3, 0.4) is 0 Å². The lowest BCUT2D eigenvalue weighted by Gasteiger charge is -2.48. The molecule has 1 aromatic rings. The van der Waals surface area contributed by atoms with Crippen molar-refractivity contribution < 1.29 is 32.6 Å². The zero-order valence-corrected chi connectivity index (χ0v) is 15.6. The van der Waals surface area contributed by atoms with Crippen LogP contribution in [0.4, 0.5) is 18.0 Å². The Labute approximate surface area is 155 Å². The molecular weight excluding hydrogens is 363 g/mol. The maximum atomic E-state index is 14.7. The molecule has 0 spiro atoms. The molecule has 1 aromatic carbocycles. The Kier molecular flexibility index (Phi) is 5.58. The number of halogens is 3.